The fraction of sp³-hybridized carbons (Fsp3) is 0.333. The van der Waals surface area contributed by atoms with Gasteiger partial charge in [-0.3, -0.25) is 9.79 Å². The predicted molar refractivity (Wildman–Crippen MR) is 123 cm³/mol. The summed E-state index contributed by atoms with van der Waals surface area (Å²) in [5, 5.41) is 7.53. The van der Waals surface area contributed by atoms with Crippen molar-refractivity contribution >= 4 is 28.5 Å². The number of aromatic nitrogens is 1. The highest BCUT2D eigenvalue weighted by Crippen LogP contribution is 2.21. The molecule has 0 atom stereocenters. The number of nitrogens with zero attached hydrogens (tertiary/aromatic N) is 2. The van der Waals surface area contributed by atoms with Crippen molar-refractivity contribution in [3.05, 3.63) is 65.6 Å². The average Bonchev–Trinajstić information content (AvgIpc) is 3.19. The van der Waals surface area contributed by atoms with Gasteiger partial charge in [-0.05, 0) is 60.7 Å². The molecule has 4 rings (SSSR count). The molecule has 1 aromatic heterocycles. The number of anilines is 1. The Labute approximate surface area is 181 Å². The highest BCUT2D eigenvalue weighted by molar-refractivity contribution is 5.94. The summed E-state index contributed by atoms with van der Waals surface area (Å²) in [5.74, 6) is 0.690. The second kappa shape index (κ2) is 9.64. The molecule has 0 unspecified atom stereocenters. The van der Waals surface area contributed by atoms with Crippen LogP contribution in [0.4, 0.5) is 10.1 Å². The first-order chi connectivity index (χ1) is 15.1. The molecule has 3 aromatic rings. The van der Waals surface area contributed by atoms with Crippen molar-refractivity contribution in [2.75, 3.05) is 25.0 Å². The van der Waals surface area contributed by atoms with E-state index in [1.807, 2.05) is 35.4 Å². The van der Waals surface area contributed by atoms with Gasteiger partial charge in [0, 0.05) is 55.9 Å². The van der Waals surface area contributed by atoms with Crippen molar-refractivity contribution in [2.24, 2.45) is 4.99 Å². The number of benzene rings is 2. The summed E-state index contributed by atoms with van der Waals surface area (Å²) in [6, 6.07) is 12.9. The van der Waals surface area contributed by atoms with Gasteiger partial charge in [0.25, 0.3) is 0 Å². The molecule has 0 saturated carbocycles. The topological polar surface area (TPSA) is 72.5 Å². The summed E-state index contributed by atoms with van der Waals surface area (Å²) in [5.41, 5.74) is 4.09. The van der Waals surface area contributed by atoms with E-state index in [1.54, 1.807) is 19.2 Å². The molecule has 31 heavy (non-hydrogen) atoms. The number of piperidine rings is 1. The second-order valence-corrected chi connectivity index (χ2v) is 7.78. The number of nitrogens with one attached hydrogen (secondary N) is 3. The molecule has 0 spiro atoms. The summed E-state index contributed by atoms with van der Waals surface area (Å²) < 4.78 is 13.5. The summed E-state index contributed by atoms with van der Waals surface area (Å²) >= 11 is 0. The molecule has 0 bridgehead atoms. The van der Waals surface area contributed by atoms with Crippen LogP contribution in [0.3, 0.4) is 0 Å². The maximum Gasteiger partial charge on any atom is 0.226 e. The Morgan fingerprint density at radius 2 is 2.00 bits per heavy atom. The molecular weight excluding hydrogens is 393 g/mol. The first-order valence-electron chi connectivity index (χ1n) is 10.7. The first kappa shape index (κ1) is 20.9. The van der Waals surface area contributed by atoms with Gasteiger partial charge in [0.1, 0.15) is 5.82 Å². The highest BCUT2D eigenvalue weighted by atomic mass is 19.1. The van der Waals surface area contributed by atoms with Gasteiger partial charge in [-0.25, -0.2) is 4.39 Å². The second-order valence-electron chi connectivity index (χ2n) is 7.78. The lowest BCUT2D eigenvalue weighted by molar-refractivity contribution is -0.119. The Morgan fingerprint density at radius 1 is 1.16 bits per heavy atom. The standard InChI is InChI=1S/C24H28FN5O/c1-26-24(27-12-11-18-16-28-22-10-7-19(25)14-21(18)22)29-15-17-5-8-20(9-6-17)30-13-3-2-4-23(30)31/h5-10,14,16,28H,2-4,11-13,15H2,1H3,(H2,26,27,29). The number of rotatable bonds is 6. The van der Waals surface area contributed by atoms with Crippen molar-refractivity contribution in [1.82, 2.24) is 15.6 Å². The average molecular weight is 422 g/mol. The van der Waals surface area contributed by atoms with Crippen LogP contribution >= 0.6 is 0 Å². The number of amides is 1. The van der Waals surface area contributed by atoms with E-state index in [4.69, 9.17) is 0 Å². The van der Waals surface area contributed by atoms with Crippen molar-refractivity contribution in [3.8, 4) is 0 Å². The fourth-order valence-corrected chi connectivity index (χ4v) is 3.95. The number of aliphatic imine (C=N–C) groups is 1. The molecule has 1 aliphatic heterocycles. The van der Waals surface area contributed by atoms with Gasteiger partial charge in [0.15, 0.2) is 5.96 Å². The van der Waals surface area contributed by atoms with E-state index < -0.39 is 0 Å². The van der Waals surface area contributed by atoms with Gasteiger partial charge in [0.2, 0.25) is 5.91 Å². The zero-order valence-corrected chi connectivity index (χ0v) is 17.7. The van der Waals surface area contributed by atoms with Crippen LogP contribution in [-0.2, 0) is 17.8 Å². The molecule has 1 saturated heterocycles. The number of H-pyrrole nitrogens is 1. The number of halogens is 1. The largest absolute Gasteiger partial charge is 0.361 e. The van der Waals surface area contributed by atoms with Crippen LogP contribution in [0.5, 0.6) is 0 Å². The van der Waals surface area contributed by atoms with Gasteiger partial charge in [-0.2, -0.15) is 0 Å². The number of hydrogen-bond acceptors (Lipinski definition) is 2. The molecule has 7 heteroatoms. The number of guanidine groups is 1. The van der Waals surface area contributed by atoms with E-state index in [-0.39, 0.29) is 11.7 Å². The Balaban J connectivity index is 1.27. The summed E-state index contributed by atoms with van der Waals surface area (Å²) in [7, 11) is 1.74. The molecule has 0 radical (unpaired) electrons. The monoisotopic (exact) mass is 421 g/mol. The van der Waals surface area contributed by atoms with Crippen molar-refractivity contribution in [2.45, 2.75) is 32.2 Å². The lowest BCUT2D eigenvalue weighted by Crippen LogP contribution is -2.38. The summed E-state index contributed by atoms with van der Waals surface area (Å²) in [6.45, 7) is 2.11. The van der Waals surface area contributed by atoms with Crippen molar-refractivity contribution < 1.29 is 9.18 Å². The van der Waals surface area contributed by atoms with E-state index in [9.17, 15) is 9.18 Å². The van der Waals surface area contributed by atoms with Crippen LogP contribution in [0.1, 0.15) is 30.4 Å². The van der Waals surface area contributed by atoms with E-state index in [0.717, 1.165) is 53.5 Å². The Hall–Kier alpha value is -3.35. The van der Waals surface area contributed by atoms with Crippen LogP contribution in [0.15, 0.2) is 53.7 Å². The molecular formula is C24H28FN5O. The Kier molecular flexibility index (Phi) is 6.50. The van der Waals surface area contributed by atoms with Crippen LogP contribution in [-0.4, -0.2) is 37.0 Å². The van der Waals surface area contributed by atoms with Crippen LogP contribution in [0.2, 0.25) is 0 Å². The highest BCUT2D eigenvalue weighted by Gasteiger charge is 2.19. The minimum absolute atomic E-state index is 0.208. The van der Waals surface area contributed by atoms with E-state index in [1.165, 1.54) is 6.07 Å². The molecule has 1 aliphatic rings. The van der Waals surface area contributed by atoms with Crippen molar-refractivity contribution in [3.63, 3.8) is 0 Å². The molecule has 3 N–H and O–H groups in total. The number of aromatic amines is 1. The maximum absolute atomic E-state index is 13.5. The smallest absolute Gasteiger partial charge is 0.226 e. The predicted octanol–water partition coefficient (Wildman–Crippen LogP) is 3.73. The lowest BCUT2D eigenvalue weighted by atomic mass is 10.1. The third kappa shape index (κ3) is 5.05. The third-order valence-electron chi connectivity index (χ3n) is 5.67. The van der Waals surface area contributed by atoms with E-state index in [2.05, 4.69) is 20.6 Å². The minimum atomic E-state index is -0.227. The number of carbonyl (C=O) groups excluding carboxylic acids is 1. The molecule has 1 fully saturated rings. The van der Waals surface area contributed by atoms with E-state index in [0.29, 0.717) is 25.5 Å². The van der Waals surface area contributed by atoms with Gasteiger partial charge in [0.05, 0.1) is 0 Å². The van der Waals surface area contributed by atoms with Crippen LogP contribution in [0, 0.1) is 5.82 Å². The zero-order chi connectivity index (χ0) is 21.6. The lowest BCUT2D eigenvalue weighted by Gasteiger charge is -2.26. The first-order valence-corrected chi connectivity index (χ1v) is 10.7. The van der Waals surface area contributed by atoms with Crippen molar-refractivity contribution in [1.29, 1.82) is 0 Å². The Morgan fingerprint density at radius 3 is 2.77 bits per heavy atom. The maximum atomic E-state index is 13.5. The number of fused-ring (bicyclic) bond motifs is 1. The summed E-state index contributed by atoms with van der Waals surface area (Å²) in [6.07, 6.45) is 5.36. The normalized spacial score (nSPS) is 14.8. The number of hydrogen-bond donors (Lipinski definition) is 3. The molecule has 162 valence electrons. The molecule has 2 heterocycles. The molecule has 0 aliphatic carbocycles. The SMILES string of the molecule is CN=C(NCCc1c[nH]c2ccc(F)cc12)NCc1ccc(N2CCCCC2=O)cc1. The van der Waals surface area contributed by atoms with Crippen LogP contribution < -0.4 is 15.5 Å². The fourth-order valence-electron chi connectivity index (χ4n) is 3.95. The zero-order valence-electron chi connectivity index (χ0n) is 17.7. The molecule has 2 aromatic carbocycles. The van der Waals surface area contributed by atoms with Crippen LogP contribution in [0.25, 0.3) is 10.9 Å². The Bertz CT molecular complexity index is 1070. The molecule has 1 amide bonds. The number of carbonyl (C=O) groups is 1. The third-order valence-corrected chi connectivity index (χ3v) is 5.67. The van der Waals surface area contributed by atoms with Gasteiger partial charge < -0.3 is 20.5 Å². The van der Waals surface area contributed by atoms with Gasteiger partial charge in [-0.1, -0.05) is 12.1 Å². The van der Waals surface area contributed by atoms with E-state index >= 15 is 0 Å². The molecule has 6 nitrogen and oxygen atoms in total. The van der Waals surface area contributed by atoms with Gasteiger partial charge >= 0.3 is 0 Å². The van der Waals surface area contributed by atoms with Gasteiger partial charge in [-0.15, -0.1) is 0 Å². The minimum Gasteiger partial charge on any atom is -0.361 e. The summed E-state index contributed by atoms with van der Waals surface area (Å²) in [4.78, 5) is 21.4. The quantitative estimate of drug-likeness (QED) is 0.419.